The Morgan fingerprint density at radius 1 is 1.00 bits per heavy atom. The summed E-state index contributed by atoms with van der Waals surface area (Å²) in [5.74, 6) is 1.46. The van der Waals surface area contributed by atoms with Crippen LogP contribution < -0.4 is 0 Å². The summed E-state index contributed by atoms with van der Waals surface area (Å²) in [5.41, 5.74) is 2.34. The van der Waals surface area contributed by atoms with Crippen LogP contribution in [0.15, 0.2) is 22.6 Å². The molecule has 1 amide bonds. The second-order valence-electron chi connectivity index (χ2n) is 8.13. The van der Waals surface area contributed by atoms with E-state index in [0.29, 0.717) is 5.92 Å². The van der Waals surface area contributed by atoms with Crippen LogP contribution in [0.3, 0.4) is 0 Å². The number of amides is 1. The summed E-state index contributed by atoms with van der Waals surface area (Å²) in [6, 6.07) is 6.45. The number of hydrogen-bond donors (Lipinski definition) is 0. The average Bonchev–Trinajstić information content (AvgIpc) is 3.47. The van der Waals surface area contributed by atoms with Crippen molar-refractivity contribution in [3.8, 4) is 0 Å². The number of nitrogens with zero attached hydrogens (tertiary/aromatic N) is 3. The van der Waals surface area contributed by atoms with E-state index in [1.165, 1.54) is 44.9 Å². The number of hydrogen-bond acceptors (Lipinski definition) is 4. The van der Waals surface area contributed by atoms with Gasteiger partial charge < -0.3 is 9.32 Å². The highest BCUT2D eigenvalue weighted by molar-refractivity contribution is 5.97. The van der Waals surface area contributed by atoms with Gasteiger partial charge in [0.25, 0.3) is 5.91 Å². The molecule has 5 rings (SSSR count). The van der Waals surface area contributed by atoms with Gasteiger partial charge in [-0.3, -0.25) is 9.69 Å². The third-order valence-electron chi connectivity index (χ3n) is 6.27. The first kappa shape index (κ1) is 16.3. The van der Waals surface area contributed by atoms with Crippen LogP contribution in [-0.2, 0) is 0 Å². The van der Waals surface area contributed by atoms with Gasteiger partial charge in [-0.1, -0.05) is 19.3 Å². The zero-order chi connectivity index (χ0) is 17.5. The zero-order valence-corrected chi connectivity index (χ0v) is 15.3. The summed E-state index contributed by atoms with van der Waals surface area (Å²) in [6.45, 7) is 3.67. The van der Waals surface area contributed by atoms with E-state index in [9.17, 15) is 4.79 Å². The fraction of sp³-hybridized carbons (Fsp3) is 0.619. The Labute approximate surface area is 154 Å². The maximum atomic E-state index is 12.9. The minimum atomic E-state index is 0.125. The van der Waals surface area contributed by atoms with Crippen molar-refractivity contribution in [2.75, 3.05) is 26.2 Å². The Kier molecular flexibility index (Phi) is 4.20. The monoisotopic (exact) mass is 353 g/mol. The molecule has 0 bridgehead atoms. The predicted molar refractivity (Wildman–Crippen MR) is 100 cm³/mol. The molecule has 3 fully saturated rings. The Balaban J connectivity index is 1.25. The molecule has 5 heteroatoms. The van der Waals surface area contributed by atoms with Crippen LogP contribution in [0.4, 0.5) is 0 Å². The molecule has 1 aliphatic heterocycles. The molecule has 2 aromatic rings. The molecule has 0 spiro atoms. The normalized spacial score (nSPS) is 22.8. The number of oxazole rings is 1. The summed E-state index contributed by atoms with van der Waals surface area (Å²) in [5, 5.41) is 0. The fourth-order valence-corrected chi connectivity index (χ4v) is 4.50. The first-order chi connectivity index (χ1) is 12.8. The molecule has 1 aromatic carbocycles. The third kappa shape index (κ3) is 3.13. The maximum absolute atomic E-state index is 12.9. The molecule has 3 aliphatic rings. The van der Waals surface area contributed by atoms with Crippen molar-refractivity contribution in [2.45, 2.75) is 56.9 Å². The van der Waals surface area contributed by atoms with E-state index in [1.54, 1.807) is 0 Å². The van der Waals surface area contributed by atoms with Crippen LogP contribution in [-0.4, -0.2) is 52.9 Å². The largest absolute Gasteiger partial charge is 0.440 e. The van der Waals surface area contributed by atoms with Gasteiger partial charge in [0.1, 0.15) is 5.52 Å². The molecule has 5 nitrogen and oxygen atoms in total. The fourth-order valence-electron chi connectivity index (χ4n) is 4.50. The van der Waals surface area contributed by atoms with Gasteiger partial charge >= 0.3 is 0 Å². The molecule has 2 heterocycles. The molecule has 1 saturated heterocycles. The molecule has 0 unspecified atom stereocenters. The van der Waals surface area contributed by atoms with E-state index in [-0.39, 0.29) is 5.91 Å². The Morgan fingerprint density at radius 3 is 2.50 bits per heavy atom. The molecular formula is C21H27N3O2. The standard InChI is InChI=1S/C21H27N3O2/c25-21(24-12-10-23(11-13-24)17-4-2-1-3-5-17)16-8-9-18-19(14-16)26-20(22-18)15-6-7-15/h8-9,14-15,17H,1-7,10-13H2. The highest BCUT2D eigenvalue weighted by Gasteiger charge is 2.30. The number of fused-ring (bicyclic) bond motifs is 1. The van der Waals surface area contributed by atoms with Crippen molar-refractivity contribution >= 4 is 17.0 Å². The zero-order valence-electron chi connectivity index (χ0n) is 15.3. The quantitative estimate of drug-likeness (QED) is 0.842. The van der Waals surface area contributed by atoms with Gasteiger partial charge in [-0.15, -0.1) is 0 Å². The smallest absolute Gasteiger partial charge is 0.254 e. The lowest BCUT2D eigenvalue weighted by atomic mass is 9.94. The van der Waals surface area contributed by atoms with Crippen molar-refractivity contribution in [3.05, 3.63) is 29.7 Å². The first-order valence-electron chi connectivity index (χ1n) is 10.2. The van der Waals surface area contributed by atoms with Gasteiger partial charge in [0.15, 0.2) is 11.5 Å². The summed E-state index contributed by atoms with van der Waals surface area (Å²) < 4.78 is 5.88. The van der Waals surface area contributed by atoms with Gasteiger partial charge in [0, 0.05) is 43.7 Å². The molecule has 2 saturated carbocycles. The highest BCUT2D eigenvalue weighted by atomic mass is 16.3. The van der Waals surface area contributed by atoms with Gasteiger partial charge in [0.05, 0.1) is 0 Å². The van der Waals surface area contributed by atoms with Crippen molar-refractivity contribution in [1.29, 1.82) is 0 Å². The van der Waals surface area contributed by atoms with Crippen LogP contribution in [0.5, 0.6) is 0 Å². The van der Waals surface area contributed by atoms with Crippen molar-refractivity contribution in [3.63, 3.8) is 0 Å². The van der Waals surface area contributed by atoms with Crippen LogP contribution in [0.2, 0.25) is 0 Å². The van der Waals surface area contributed by atoms with Gasteiger partial charge in [-0.05, 0) is 43.9 Å². The van der Waals surface area contributed by atoms with Crippen molar-refractivity contribution < 1.29 is 9.21 Å². The lowest BCUT2D eigenvalue weighted by molar-refractivity contribution is 0.0523. The Morgan fingerprint density at radius 2 is 1.77 bits per heavy atom. The summed E-state index contributed by atoms with van der Waals surface area (Å²) in [4.78, 5) is 22.1. The second kappa shape index (κ2) is 6.69. The van der Waals surface area contributed by atoms with Crippen molar-refractivity contribution in [1.82, 2.24) is 14.8 Å². The van der Waals surface area contributed by atoms with E-state index >= 15 is 0 Å². The van der Waals surface area contributed by atoms with E-state index in [1.807, 2.05) is 23.1 Å². The maximum Gasteiger partial charge on any atom is 0.254 e. The number of benzene rings is 1. The lowest BCUT2D eigenvalue weighted by Gasteiger charge is -2.40. The van der Waals surface area contributed by atoms with Crippen LogP contribution in [0.25, 0.3) is 11.1 Å². The van der Waals surface area contributed by atoms with Crippen LogP contribution in [0, 0.1) is 0 Å². The van der Waals surface area contributed by atoms with E-state index in [0.717, 1.165) is 54.8 Å². The molecule has 0 radical (unpaired) electrons. The number of piperazine rings is 1. The Hall–Kier alpha value is -1.88. The number of rotatable bonds is 3. The van der Waals surface area contributed by atoms with Crippen molar-refractivity contribution in [2.24, 2.45) is 0 Å². The molecular weight excluding hydrogens is 326 g/mol. The predicted octanol–water partition coefficient (Wildman–Crippen LogP) is 3.80. The van der Waals surface area contributed by atoms with Crippen LogP contribution in [0.1, 0.15) is 67.1 Å². The van der Waals surface area contributed by atoms with E-state index in [2.05, 4.69) is 9.88 Å². The number of carbonyl (C=O) groups is 1. The molecule has 26 heavy (non-hydrogen) atoms. The Bertz CT molecular complexity index is 797. The average molecular weight is 353 g/mol. The molecule has 138 valence electrons. The van der Waals surface area contributed by atoms with Crippen LogP contribution >= 0.6 is 0 Å². The molecule has 0 N–H and O–H groups in total. The van der Waals surface area contributed by atoms with E-state index in [4.69, 9.17) is 4.42 Å². The summed E-state index contributed by atoms with van der Waals surface area (Å²) in [6.07, 6.45) is 9.13. The summed E-state index contributed by atoms with van der Waals surface area (Å²) in [7, 11) is 0. The first-order valence-corrected chi connectivity index (χ1v) is 10.2. The highest BCUT2D eigenvalue weighted by Crippen LogP contribution is 2.40. The van der Waals surface area contributed by atoms with Gasteiger partial charge in [0.2, 0.25) is 0 Å². The van der Waals surface area contributed by atoms with Gasteiger partial charge in [-0.25, -0.2) is 4.98 Å². The molecule has 1 aromatic heterocycles. The van der Waals surface area contributed by atoms with E-state index < -0.39 is 0 Å². The minimum absolute atomic E-state index is 0.125. The topological polar surface area (TPSA) is 49.6 Å². The minimum Gasteiger partial charge on any atom is -0.440 e. The molecule has 0 atom stereocenters. The SMILES string of the molecule is O=C(c1ccc2nc(C3CC3)oc2c1)N1CCN(C2CCCCC2)CC1. The summed E-state index contributed by atoms with van der Waals surface area (Å²) >= 11 is 0. The number of aromatic nitrogens is 1. The third-order valence-corrected chi connectivity index (χ3v) is 6.27. The van der Waals surface area contributed by atoms with Gasteiger partial charge in [-0.2, -0.15) is 0 Å². The lowest BCUT2D eigenvalue weighted by Crippen LogP contribution is -2.52. The molecule has 2 aliphatic carbocycles. The second-order valence-corrected chi connectivity index (χ2v) is 8.13. The number of carbonyl (C=O) groups excluding carboxylic acids is 1.